The number of nitrogens with one attached hydrogen (secondary N) is 1. The molecule has 110 valence electrons. The Morgan fingerprint density at radius 1 is 1.45 bits per heavy atom. The maximum absolute atomic E-state index is 12.0. The van der Waals surface area contributed by atoms with Crippen LogP contribution in [0.1, 0.15) is 33.0 Å². The quantitative estimate of drug-likeness (QED) is 0.867. The van der Waals surface area contributed by atoms with Gasteiger partial charge in [0.25, 0.3) is 0 Å². The standard InChI is InChI=1S/C12H18N4O3S/c1-12(2,3)9-13-10(20-15-9)14-11(19)16-5-4-7(6-16)8(17)18/h7H,4-6H2,1-3H3,(H,17,18)(H,13,14,15,19). The van der Waals surface area contributed by atoms with Gasteiger partial charge in [0.1, 0.15) is 5.82 Å². The van der Waals surface area contributed by atoms with Gasteiger partial charge < -0.3 is 10.0 Å². The van der Waals surface area contributed by atoms with E-state index < -0.39 is 11.9 Å². The third-order valence-electron chi connectivity index (χ3n) is 3.14. The molecule has 1 saturated heterocycles. The molecule has 1 aliphatic heterocycles. The fraction of sp³-hybridized carbons (Fsp3) is 0.667. The number of anilines is 1. The van der Waals surface area contributed by atoms with Crippen molar-refractivity contribution in [3.63, 3.8) is 0 Å². The van der Waals surface area contributed by atoms with Crippen molar-refractivity contribution in [2.75, 3.05) is 18.4 Å². The lowest BCUT2D eigenvalue weighted by Gasteiger charge is -2.15. The Labute approximate surface area is 121 Å². The van der Waals surface area contributed by atoms with Crippen LogP contribution in [0.25, 0.3) is 0 Å². The molecule has 1 unspecified atom stereocenters. The zero-order valence-corrected chi connectivity index (χ0v) is 12.5. The predicted molar refractivity (Wildman–Crippen MR) is 74.9 cm³/mol. The van der Waals surface area contributed by atoms with Crippen LogP contribution < -0.4 is 5.32 Å². The summed E-state index contributed by atoms with van der Waals surface area (Å²) in [6, 6.07) is -0.314. The molecule has 1 aromatic rings. The average molecular weight is 298 g/mol. The van der Waals surface area contributed by atoms with Crippen LogP contribution >= 0.6 is 11.5 Å². The van der Waals surface area contributed by atoms with E-state index in [0.717, 1.165) is 11.5 Å². The Hall–Kier alpha value is -1.70. The molecule has 0 bridgehead atoms. The first-order valence-electron chi connectivity index (χ1n) is 6.40. The molecule has 1 atom stereocenters. The number of likely N-dealkylation sites (tertiary alicyclic amines) is 1. The minimum absolute atomic E-state index is 0.165. The predicted octanol–water partition coefficient (Wildman–Crippen LogP) is 1.77. The molecule has 0 aliphatic carbocycles. The topological polar surface area (TPSA) is 95.4 Å². The van der Waals surface area contributed by atoms with E-state index in [-0.39, 0.29) is 18.0 Å². The molecule has 0 aromatic carbocycles. The van der Waals surface area contributed by atoms with E-state index >= 15 is 0 Å². The number of carbonyl (C=O) groups excluding carboxylic acids is 1. The van der Waals surface area contributed by atoms with E-state index in [0.29, 0.717) is 23.9 Å². The molecule has 1 aliphatic rings. The van der Waals surface area contributed by atoms with E-state index in [1.54, 1.807) is 0 Å². The fourth-order valence-corrected chi connectivity index (χ4v) is 2.64. The molecule has 7 nitrogen and oxygen atoms in total. The number of aliphatic carboxylic acids is 1. The van der Waals surface area contributed by atoms with Crippen molar-refractivity contribution >= 4 is 28.7 Å². The molecule has 1 fully saturated rings. The molecule has 1 aromatic heterocycles. The molecule has 0 spiro atoms. The first-order chi connectivity index (χ1) is 9.27. The second kappa shape index (κ2) is 5.35. The van der Waals surface area contributed by atoms with Crippen molar-refractivity contribution in [3.8, 4) is 0 Å². The van der Waals surface area contributed by atoms with E-state index in [4.69, 9.17) is 5.11 Å². The highest BCUT2D eigenvalue weighted by molar-refractivity contribution is 7.09. The van der Waals surface area contributed by atoms with Gasteiger partial charge in [0.05, 0.1) is 5.92 Å². The number of rotatable bonds is 2. The molecular weight excluding hydrogens is 280 g/mol. The first kappa shape index (κ1) is 14.7. The summed E-state index contributed by atoms with van der Waals surface area (Å²) in [6.45, 7) is 6.69. The molecule has 2 rings (SSSR count). The van der Waals surface area contributed by atoms with E-state index in [9.17, 15) is 9.59 Å². The van der Waals surface area contributed by atoms with Gasteiger partial charge in [0.2, 0.25) is 5.13 Å². The van der Waals surface area contributed by atoms with Crippen LogP contribution in [0.3, 0.4) is 0 Å². The van der Waals surface area contributed by atoms with Crippen molar-refractivity contribution in [2.45, 2.75) is 32.6 Å². The summed E-state index contributed by atoms with van der Waals surface area (Å²) in [5, 5.41) is 12.0. The highest BCUT2D eigenvalue weighted by Gasteiger charge is 2.31. The number of urea groups is 1. The van der Waals surface area contributed by atoms with Gasteiger partial charge in [-0.15, -0.1) is 0 Å². The van der Waals surface area contributed by atoms with Crippen LogP contribution in [0, 0.1) is 5.92 Å². The van der Waals surface area contributed by atoms with Crippen molar-refractivity contribution in [1.29, 1.82) is 0 Å². The second-order valence-electron chi connectivity index (χ2n) is 5.87. The van der Waals surface area contributed by atoms with Gasteiger partial charge in [-0.1, -0.05) is 20.8 Å². The molecule has 20 heavy (non-hydrogen) atoms. The number of amides is 2. The lowest BCUT2D eigenvalue weighted by molar-refractivity contribution is -0.141. The van der Waals surface area contributed by atoms with Gasteiger partial charge in [-0.25, -0.2) is 9.78 Å². The van der Waals surface area contributed by atoms with Crippen LogP contribution in [-0.4, -0.2) is 44.5 Å². The minimum atomic E-state index is -0.855. The lowest BCUT2D eigenvalue weighted by atomic mass is 9.96. The van der Waals surface area contributed by atoms with Gasteiger partial charge in [0.15, 0.2) is 0 Å². The Bertz CT molecular complexity index is 523. The van der Waals surface area contributed by atoms with Crippen LogP contribution in [0.15, 0.2) is 0 Å². The normalized spacial score (nSPS) is 19.1. The lowest BCUT2D eigenvalue weighted by Crippen LogP contribution is -2.33. The number of carboxylic acid groups (broad SMARTS) is 1. The van der Waals surface area contributed by atoms with E-state index in [1.807, 2.05) is 20.8 Å². The maximum atomic E-state index is 12.0. The summed E-state index contributed by atoms with van der Waals surface area (Å²) < 4.78 is 4.21. The molecule has 2 heterocycles. The van der Waals surface area contributed by atoms with Gasteiger partial charge in [-0.05, 0) is 6.42 Å². The zero-order valence-electron chi connectivity index (χ0n) is 11.7. The third kappa shape index (κ3) is 3.24. The largest absolute Gasteiger partial charge is 0.481 e. The molecular formula is C12H18N4O3S. The Kier molecular flexibility index (Phi) is 3.94. The Morgan fingerprint density at radius 2 is 2.15 bits per heavy atom. The number of carbonyl (C=O) groups is 2. The van der Waals surface area contributed by atoms with Crippen LogP contribution in [-0.2, 0) is 10.2 Å². The molecule has 8 heteroatoms. The van der Waals surface area contributed by atoms with Gasteiger partial charge in [-0.3, -0.25) is 10.1 Å². The summed E-state index contributed by atoms with van der Waals surface area (Å²) in [5.41, 5.74) is -0.165. The maximum Gasteiger partial charge on any atom is 0.323 e. The molecule has 0 saturated carbocycles. The Morgan fingerprint density at radius 3 is 2.65 bits per heavy atom. The van der Waals surface area contributed by atoms with Crippen LogP contribution in [0.2, 0.25) is 0 Å². The fourth-order valence-electron chi connectivity index (χ4n) is 1.90. The van der Waals surface area contributed by atoms with Crippen molar-refractivity contribution in [2.24, 2.45) is 5.92 Å². The number of hydrogen-bond acceptors (Lipinski definition) is 5. The number of nitrogens with zero attached hydrogens (tertiary/aromatic N) is 3. The molecule has 2 amide bonds. The van der Waals surface area contributed by atoms with Crippen molar-refractivity contribution in [3.05, 3.63) is 5.82 Å². The van der Waals surface area contributed by atoms with Crippen LogP contribution in [0.5, 0.6) is 0 Å². The SMILES string of the molecule is CC(C)(C)c1nsc(NC(=O)N2CCC(C(=O)O)C2)n1. The smallest absolute Gasteiger partial charge is 0.323 e. The summed E-state index contributed by atoms with van der Waals surface area (Å²) in [5.74, 6) is -0.644. The monoisotopic (exact) mass is 298 g/mol. The second-order valence-corrected chi connectivity index (χ2v) is 6.62. The van der Waals surface area contributed by atoms with Crippen molar-refractivity contribution < 1.29 is 14.7 Å². The van der Waals surface area contributed by atoms with E-state index in [2.05, 4.69) is 14.7 Å². The van der Waals surface area contributed by atoms with Gasteiger partial charge >= 0.3 is 12.0 Å². The summed E-state index contributed by atoms with van der Waals surface area (Å²) >= 11 is 1.13. The number of carboxylic acids is 1. The van der Waals surface area contributed by atoms with Gasteiger partial charge in [0, 0.05) is 30.0 Å². The third-order valence-corrected chi connectivity index (χ3v) is 3.77. The Balaban J connectivity index is 1.95. The molecule has 2 N–H and O–H groups in total. The number of aromatic nitrogens is 2. The number of hydrogen-bond donors (Lipinski definition) is 2. The highest BCUT2D eigenvalue weighted by atomic mass is 32.1. The van der Waals surface area contributed by atoms with E-state index in [1.165, 1.54) is 4.90 Å². The molecule has 0 radical (unpaired) electrons. The zero-order chi connectivity index (χ0) is 14.9. The highest BCUT2D eigenvalue weighted by Crippen LogP contribution is 2.24. The summed E-state index contributed by atoms with van der Waals surface area (Å²) in [4.78, 5) is 28.6. The van der Waals surface area contributed by atoms with Crippen LogP contribution in [0.4, 0.5) is 9.93 Å². The first-order valence-corrected chi connectivity index (χ1v) is 7.17. The summed E-state index contributed by atoms with van der Waals surface area (Å²) in [7, 11) is 0. The van der Waals surface area contributed by atoms with Gasteiger partial charge in [-0.2, -0.15) is 4.37 Å². The summed E-state index contributed by atoms with van der Waals surface area (Å²) in [6.07, 6.45) is 0.492. The van der Waals surface area contributed by atoms with Crippen molar-refractivity contribution in [1.82, 2.24) is 14.3 Å². The average Bonchev–Trinajstić information content (AvgIpc) is 2.95. The minimum Gasteiger partial charge on any atom is -0.481 e.